The third-order valence-electron chi connectivity index (χ3n) is 5.19. The van der Waals surface area contributed by atoms with Crippen molar-refractivity contribution in [3.8, 4) is 5.69 Å². The maximum absolute atomic E-state index is 12.7. The standard InChI is InChI=1S/C21H23N3OS/c1-15-19(16(2)24(22-15)18-6-4-3-5-7-18)8-9-21(25)23-12-10-20-17(14-23)11-13-26-20/h3-7,11,13H,8-10,12,14H2,1-2H3. The average molecular weight is 366 g/mol. The molecule has 5 heteroatoms. The Kier molecular flexibility index (Phi) is 4.64. The quantitative estimate of drug-likeness (QED) is 0.699. The van der Waals surface area contributed by atoms with E-state index < -0.39 is 0 Å². The van der Waals surface area contributed by atoms with Crippen LogP contribution in [0, 0.1) is 13.8 Å². The van der Waals surface area contributed by atoms with Crippen molar-refractivity contribution in [3.63, 3.8) is 0 Å². The molecule has 1 amide bonds. The third-order valence-corrected chi connectivity index (χ3v) is 6.21. The van der Waals surface area contributed by atoms with Crippen LogP contribution in [0.3, 0.4) is 0 Å². The van der Waals surface area contributed by atoms with Crippen LogP contribution in [0.5, 0.6) is 0 Å². The van der Waals surface area contributed by atoms with Crippen molar-refractivity contribution < 1.29 is 4.79 Å². The highest BCUT2D eigenvalue weighted by Gasteiger charge is 2.22. The number of hydrogen-bond donors (Lipinski definition) is 0. The molecule has 1 aromatic carbocycles. The third kappa shape index (κ3) is 3.19. The van der Waals surface area contributed by atoms with Gasteiger partial charge < -0.3 is 4.90 Å². The van der Waals surface area contributed by atoms with E-state index in [1.165, 1.54) is 16.0 Å². The van der Waals surface area contributed by atoms with Gasteiger partial charge in [0.25, 0.3) is 0 Å². The molecule has 0 aliphatic carbocycles. The molecule has 0 saturated heterocycles. The van der Waals surface area contributed by atoms with Crippen LogP contribution in [0.2, 0.25) is 0 Å². The van der Waals surface area contributed by atoms with Crippen LogP contribution >= 0.6 is 11.3 Å². The monoisotopic (exact) mass is 365 g/mol. The van der Waals surface area contributed by atoms with Gasteiger partial charge in [-0.3, -0.25) is 4.79 Å². The van der Waals surface area contributed by atoms with Crippen LogP contribution in [0.4, 0.5) is 0 Å². The first-order chi connectivity index (χ1) is 12.6. The second kappa shape index (κ2) is 7.08. The van der Waals surface area contributed by atoms with Gasteiger partial charge in [-0.05, 0) is 61.4 Å². The normalized spacial score (nSPS) is 13.7. The van der Waals surface area contributed by atoms with Gasteiger partial charge in [0.1, 0.15) is 0 Å². The number of aryl methyl sites for hydroxylation is 1. The Morgan fingerprint density at radius 3 is 2.81 bits per heavy atom. The van der Waals surface area contributed by atoms with Gasteiger partial charge in [-0.15, -0.1) is 11.3 Å². The molecule has 0 radical (unpaired) electrons. The number of nitrogens with zero attached hydrogens (tertiary/aromatic N) is 3. The molecule has 3 aromatic rings. The molecule has 1 aliphatic heterocycles. The number of amides is 1. The van der Waals surface area contributed by atoms with Gasteiger partial charge in [-0.25, -0.2) is 4.68 Å². The van der Waals surface area contributed by atoms with E-state index in [0.29, 0.717) is 6.42 Å². The fraction of sp³-hybridized carbons (Fsp3) is 0.333. The lowest BCUT2D eigenvalue weighted by molar-refractivity contribution is -0.132. The molecular weight excluding hydrogens is 342 g/mol. The summed E-state index contributed by atoms with van der Waals surface area (Å²) < 4.78 is 1.98. The van der Waals surface area contributed by atoms with E-state index in [4.69, 9.17) is 0 Å². The smallest absolute Gasteiger partial charge is 0.223 e. The maximum Gasteiger partial charge on any atom is 0.223 e. The molecular formula is C21H23N3OS. The molecule has 26 heavy (non-hydrogen) atoms. The van der Waals surface area contributed by atoms with E-state index in [2.05, 4.69) is 35.6 Å². The Bertz CT molecular complexity index is 926. The van der Waals surface area contributed by atoms with E-state index in [9.17, 15) is 4.79 Å². The maximum atomic E-state index is 12.7. The van der Waals surface area contributed by atoms with Gasteiger partial charge in [0.2, 0.25) is 5.91 Å². The predicted octanol–water partition coefficient (Wildman–Crippen LogP) is 4.07. The minimum atomic E-state index is 0.244. The summed E-state index contributed by atoms with van der Waals surface area (Å²) in [6, 6.07) is 12.3. The first-order valence-electron chi connectivity index (χ1n) is 9.07. The Balaban J connectivity index is 1.45. The van der Waals surface area contributed by atoms with Crippen molar-refractivity contribution in [3.05, 3.63) is 69.2 Å². The Hall–Kier alpha value is -2.40. The number of carbonyl (C=O) groups excluding carboxylic acids is 1. The fourth-order valence-electron chi connectivity index (χ4n) is 3.71. The lowest BCUT2D eigenvalue weighted by atomic mass is 10.1. The van der Waals surface area contributed by atoms with Crippen LogP contribution in [0.1, 0.15) is 33.8 Å². The summed E-state index contributed by atoms with van der Waals surface area (Å²) in [6.07, 6.45) is 2.28. The number of thiophene rings is 1. The summed E-state index contributed by atoms with van der Waals surface area (Å²) in [5.41, 5.74) is 5.71. The average Bonchev–Trinajstić information content (AvgIpc) is 3.24. The Morgan fingerprint density at radius 2 is 2.00 bits per heavy atom. The molecule has 4 rings (SSSR count). The predicted molar refractivity (Wildman–Crippen MR) is 105 cm³/mol. The zero-order valence-corrected chi connectivity index (χ0v) is 16.1. The molecule has 0 bridgehead atoms. The summed E-state index contributed by atoms with van der Waals surface area (Å²) in [5, 5.41) is 6.82. The van der Waals surface area contributed by atoms with E-state index in [1.54, 1.807) is 11.3 Å². The highest BCUT2D eigenvalue weighted by Crippen LogP contribution is 2.25. The van der Waals surface area contributed by atoms with Gasteiger partial charge >= 0.3 is 0 Å². The van der Waals surface area contributed by atoms with Crippen LogP contribution in [-0.4, -0.2) is 27.1 Å². The number of carbonyl (C=O) groups is 1. The molecule has 0 spiro atoms. The molecule has 3 heterocycles. The number of fused-ring (bicyclic) bond motifs is 1. The zero-order chi connectivity index (χ0) is 18.1. The van der Waals surface area contributed by atoms with Crippen molar-refractivity contribution in [1.29, 1.82) is 0 Å². The molecule has 0 atom stereocenters. The Morgan fingerprint density at radius 1 is 1.19 bits per heavy atom. The molecule has 1 aliphatic rings. The van der Waals surface area contributed by atoms with Crippen molar-refractivity contribution >= 4 is 17.2 Å². The molecule has 0 unspecified atom stereocenters. The summed E-state index contributed by atoms with van der Waals surface area (Å²) in [5.74, 6) is 0.244. The SMILES string of the molecule is Cc1nn(-c2ccccc2)c(C)c1CCC(=O)N1CCc2sccc2C1. The van der Waals surface area contributed by atoms with E-state index >= 15 is 0 Å². The first kappa shape index (κ1) is 17.0. The van der Waals surface area contributed by atoms with Crippen LogP contribution in [0.15, 0.2) is 41.8 Å². The lowest BCUT2D eigenvalue weighted by Crippen LogP contribution is -2.35. The van der Waals surface area contributed by atoms with E-state index in [1.807, 2.05) is 34.7 Å². The van der Waals surface area contributed by atoms with Crippen molar-refractivity contribution in [2.75, 3.05) is 6.54 Å². The minimum absolute atomic E-state index is 0.244. The van der Waals surface area contributed by atoms with Crippen LogP contribution in [-0.2, 0) is 24.2 Å². The highest BCUT2D eigenvalue weighted by molar-refractivity contribution is 7.10. The molecule has 134 valence electrons. The largest absolute Gasteiger partial charge is 0.338 e. The number of para-hydroxylation sites is 1. The van der Waals surface area contributed by atoms with Crippen molar-refractivity contribution in [2.45, 2.75) is 39.7 Å². The summed E-state index contributed by atoms with van der Waals surface area (Å²) in [6.45, 7) is 5.72. The molecule has 4 nitrogen and oxygen atoms in total. The minimum Gasteiger partial charge on any atom is -0.338 e. The second-order valence-corrected chi connectivity index (χ2v) is 7.83. The molecule has 0 saturated carbocycles. The van der Waals surface area contributed by atoms with Gasteiger partial charge in [0.05, 0.1) is 11.4 Å². The highest BCUT2D eigenvalue weighted by atomic mass is 32.1. The molecule has 2 aromatic heterocycles. The Labute approximate surface area is 158 Å². The van der Waals surface area contributed by atoms with Gasteiger partial charge in [-0.2, -0.15) is 5.10 Å². The molecule has 0 fully saturated rings. The number of benzene rings is 1. The van der Waals surface area contributed by atoms with E-state index in [0.717, 1.165) is 43.0 Å². The van der Waals surface area contributed by atoms with E-state index in [-0.39, 0.29) is 5.91 Å². The lowest BCUT2D eigenvalue weighted by Gasteiger charge is -2.27. The summed E-state index contributed by atoms with van der Waals surface area (Å²) in [7, 11) is 0. The van der Waals surface area contributed by atoms with Crippen molar-refractivity contribution in [1.82, 2.24) is 14.7 Å². The second-order valence-electron chi connectivity index (χ2n) is 6.83. The number of aromatic nitrogens is 2. The van der Waals surface area contributed by atoms with Crippen molar-refractivity contribution in [2.24, 2.45) is 0 Å². The number of hydrogen-bond acceptors (Lipinski definition) is 3. The zero-order valence-electron chi connectivity index (χ0n) is 15.2. The first-order valence-corrected chi connectivity index (χ1v) is 9.95. The van der Waals surface area contributed by atoms with Crippen LogP contribution in [0.25, 0.3) is 5.69 Å². The van der Waals surface area contributed by atoms with Gasteiger partial charge in [0, 0.05) is 30.1 Å². The number of rotatable bonds is 4. The summed E-state index contributed by atoms with van der Waals surface area (Å²) >= 11 is 1.80. The van der Waals surface area contributed by atoms with Gasteiger partial charge in [0.15, 0.2) is 0 Å². The van der Waals surface area contributed by atoms with Crippen LogP contribution < -0.4 is 0 Å². The molecule has 0 N–H and O–H groups in total. The fourth-order valence-corrected chi connectivity index (χ4v) is 4.60. The topological polar surface area (TPSA) is 38.1 Å². The van der Waals surface area contributed by atoms with Gasteiger partial charge in [-0.1, -0.05) is 18.2 Å². The summed E-state index contributed by atoms with van der Waals surface area (Å²) in [4.78, 5) is 16.1.